The summed E-state index contributed by atoms with van der Waals surface area (Å²) in [5, 5.41) is 4.26. The lowest BCUT2D eigenvalue weighted by atomic mass is 10.3. The van der Waals surface area contributed by atoms with E-state index in [0.717, 1.165) is 23.6 Å². The molecule has 1 fully saturated rings. The van der Waals surface area contributed by atoms with E-state index in [-0.39, 0.29) is 0 Å². The van der Waals surface area contributed by atoms with Crippen LogP contribution in [0.1, 0.15) is 33.1 Å². The Labute approximate surface area is 86.4 Å². The van der Waals surface area contributed by atoms with Gasteiger partial charge in [0.05, 0.1) is 0 Å². The Balaban J connectivity index is 1.96. The summed E-state index contributed by atoms with van der Waals surface area (Å²) in [5.41, 5.74) is 1.34. The topological polar surface area (TPSA) is 12.0 Å². The predicted molar refractivity (Wildman–Crippen MR) is 62.4 cm³/mol. The largest absolute Gasteiger partial charge is 0.310 e. The molecule has 1 rings (SSSR count). The minimum absolute atomic E-state index is 0.776. The maximum absolute atomic E-state index is 4.08. The minimum Gasteiger partial charge on any atom is -0.310 e. The van der Waals surface area contributed by atoms with Crippen LogP contribution in [0, 0.1) is 0 Å². The zero-order valence-corrected chi connectivity index (χ0v) is 9.62. The van der Waals surface area contributed by atoms with Crippen molar-refractivity contribution in [2.24, 2.45) is 0 Å². The molecular formula is C11H21NS. The summed E-state index contributed by atoms with van der Waals surface area (Å²) in [5.74, 6) is 1.12. The summed E-state index contributed by atoms with van der Waals surface area (Å²) in [6.07, 6.45) is 3.99. The normalized spacial score (nSPS) is 18.6. The zero-order chi connectivity index (χ0) is 9.68. The van der Waals surface area contributed by atoms with Crippen LogP contribution in [0.4, 0.5) is 0 Å². The van der Waals surface area contributed by atoms with Gasteiger partial charge < -0.3 is 5.32 Å². The number of rotatable bonds is 7. The van der Waals surface area contributed by atoms with E-state index < -0.39 is 0 Å². The fourth-order valence-electron chi connectivity index (χ4n) is 1.01. The molecule has 0 bridgehead atoms. The molecule has 1 atom stereocenters. The van der Waals surface area contributed by atoms with Crippen LogP contribution >= 0.6 is 11.8 Å². The molecule has 0 aromatic rings. The molecule has 1 saturated carbocycles. The smallest absolute Gasteiger partial charge is 0.0172 e. The molecular weight excluding hydrogens is 178 g/mol. The quantitative estimate of drug-likeness (QED) is 0.633. The van der Waals surface area contributed by atoms with Crippen molar-refractivity contribution in [1.29, 1.82) is 0 Å². The second kappa shape index (κ2) is 5.71. The monoisotopic (exact) mass is 199 g/mol. The number of hydrogen-bond acceptors (Lipinski definition) is 2. The van der Waals surface area contributed by atoms with Gasteiger partial charge in [0.25, 0.3) is 0 Å². The van der Waals surface area contributed by atoms with Crippen molar-refractivity contribution in [3.8, 4) is 0 Å². The Morgan fingerprint density at radius 1 is 1.62 bits per heavy atom. The van der Waals surface area contributed by atoms with Crippen molar-refractivity contribution in [2.45, 2.75) is 44.4 Å². The molecule has 1 N–H and O–H groups in total. The number of nitrogens with one attached hydrogen (secondary N) is 1. The van der Waals surface area contributed by atoms with Gasteiger partial charge in [-0.25, -0.2) is 0 Å². The Bertz CT molecular complexity index is 163. The van der Waals surface area contributed by atoms with Crippen LogP contribution in [0.15, 0.2) is 12.2 Å². The van der Waals surface area contributed by atoms with E-state index in [1.165, 1.54) is 24.8 Å². The number of thioether (sulfide) groups is 1. The van der Waals surface area contributed by atoms with Crippen molar-refractivity contribution < 1.29 is 0 Å². The molecule has 0 amide bonds. The predicted octanol–water partition coefficient (Wildman–Crippen LogP) is 2.83. The van der Waals surface area contributed by atoms with Gasteiger partial charge in [-0.3, -0.25) is 0 Å². The van der Waals surface area contributed by atoms with Gasteiger partial charge in [0.1, 0.15) is 0 Å². The summed E-state index contributed by atoms with van der Waals surface area (Å²) in [6, 6.07) is 0.811. The molecule has 0 aromatic carbocycles. The molecule has 0 aliphatic heterocycles. The van der Waals surface area contributed by atoms with E-state index in [4.69, 9.17) is 0 Å². The van der Waals surface area contributed by atoms with Gasteiger partial charge in [0.2, 0.25) is 0 Å². The first-order valence-electron chi connectivity index (χ1n) is 5.24. The summed E-state index contributed by atoms with van der Waals surface area (Å²) in [7, 11) is 0. The average Bonchev–Trinajstić information content (AvgIpc) is 2.94. The third-order valence-corrected chi connectivity index (χ3v) is 3.84. The summed E-state index contributed by atoms with van der Waals surface area (Å²) >= 11 is 2.02. The average molecular weight is 199 g/mol. The standard InChI is InChI=1S/C11H21NS/c1-4-10(3)13-8-9(2)7-12-11-5-6-11/h10-12H,2,4-8H2,1,3H3. The minimum atomic E-state index is 0.776. The van der Waals surface area contributed by atoms with Crippen molar-refractivity contribution in [2.75, 3.05) is 12.3 Å². The first kappa shape index (κ1) is 11.1. The molecule has 0 spiro atoms. The summed E-state index contributed by atoms with van der Waals surface area (Å²) < 4.78 is 0. The molecule has 0 saturated heterocycles. The number of hydrogen-bond donors (Lipinski definition) is 1. The van der Waals surface area contributed by atoms with Gasteiger partial charge in [-0.2, -0.15) is 11.8 Å². The zero-order valence-electron chi connectivity index (χ0n) is 8.81. The van der Waals surface area contributed by atoms with E-state index in [0.29, 0.717) is 0 Å². The van der Waals surface area contributed by atoms with Gasteiger partial charge in [0, 0.05) is 23.6 Å². The fraction of sp³-hybridized carbons (Fsp3) is 0.818. The van der Waals surface area contributed by atoms with E-state index in [9.17, 15) is 0 Å². The molecule has 1 aliphatic rings. The Hall–Kier alpha value is 0.0500. The third kappa shape index (κ3) is 5.37. The van der Waals surface area contributed by atoms with Crippen LogP contribution in [0.3, 0.4) is 0 Å². The van der Waals surface area contributed by atoms with Gasteiger partial charge in [-0.1, -0.05) is 26.0 Å². The second-order valence-corrected chi connectivity index (χ2v) is 5.36. The van der Waals surface area contributed by atoms with Crippen molar-refractivity contribution in [3.05, 3.63) is 12.2 Å². The van der Waals surface area contributed by atoms with Gasteiger partial charge in [0.15, 0.2) is 0 Å². The molecule has 76 valence electrons. The van der Waals surface area contributed by atoms with E-state index >= 15 is 0 Å². The highest BCUT2D eigenvalue weighted by molar-refractivity contribution is 8.00. The van der Waals surface area contributed by atoms with Crippen LogP contribution in [-0.2, 0) is 0 Å². The highest BCUT2D eigenvalue weighted by atomic mass is 32.2. The maximum atomic E-state index is 4.08. The van der Waals surface area contributed by atoms with Gasteiger partial charge >= 0.3 is 0 Å². The summed E-state index contributed by atoms with van der Waals surface area (Å²) in [6.45, 7) is 9.62. The second-order valence-electron chi connectivity index (χ2n) is 3.94. The van der Waals surface area contributed by atoms with Crippen LogP contribution in [0.25, 0.3) is 0 Å². The van der Waals surface area contributed by atoms with Crippen LogP contribution in [-0.4, -0.2) is 23.6 Å². The highest BCUT2D eigenvalue weighted by Gasteiger charge is 2.19. The molecule has 0 radical (unpaired) electrons. The lowest BCUT2D eigenvalue weighted by Gasteiger charge is -2.10. The SMILES string of the molecule is C=C(CNC1CC1)CSC(C)CC. The van der Waals surface area contributed by atoms with Crippen LogP contribution < -0.4 is 5.32 Å². The first-order valence-corrected chi connectivity index (χ1v) is 6.29. The first-order chi connectivity index (χ1) is 6.22. The maximum Gasteiger partial charge on any atom is 0.0172 e. The van der Waals surface area contributed by atoms with Gasteiger partial charge in [-0.05, 0) is 19.3 Å². The summed E-state index contributed by atoms with van der Waals surface area (Å²) in [4.78, 5) is 0. The Morgan fingerprint density at radius 2 is 2.31 bits per heavy atom. The lowest BCUT2D eigenvalue weighted by Crippen LogP contribution is -2.19. The van der Waals surface area contributed by atoms with E-state index in [2.05, 4.69) is 25.7 Å². The highest BCUT2D eigenvalue weighted by Crippen LogP contribution is 2.20. The lowest BCUT2D eigenvalue weighted by molar-refractivity contribution is 0.735. The third-order valence-electron chi connectivity index (χ3n) is 2.36. The molecule has 1 unspecified atom stereocenters. The van der Waals surface area contributed by atoms with E-state index in [1.807, 2.05) is 11.8 Å². The molecule has 0 heterocycles. The Kier molecular flexibility index (Phi) is 4.89. The van der Waals surface area contributed by atoms with Gasteiger partial charge in [-0.15, -0.1) is 0 Å². The van der Waals surface area contributed by atoms with Crippen molar-refractivity contribution in [1.82, 2.24) is 5.32 Å². The van der Waals surface area contributed by atoms with Crippen molar-refractivity contribution in [3.63, 3.8) is 0 Å². The fourth-order valence-corrected chi connectivity index (χ4v) is 1.86. The molecule has 0 aromatic heterocycles. The Morgan fingerprint density at radius 3 is 2.85 bits per heavy atom. The molecule has 1 aliphatic carbocycles. The molecule has 2 heteroatoms. The van der Waals surface area contributed by atoms with E-state index in [1.54, 1.807) is 0 Å². The molecule has 13 heavy (non-hydrogen) atoms. The van der Waals surface area contributed by atoms with Crippen molar-refractivity contribution >= 4 is 11.8 Å². The van der Waals surface area contributed by atoms with Crippen LogP contribution in [0.2, 0.25) is 0 Å². The van der Waals surface area contributed by atoms with Crippen LogP contribution in [0.5, 0.6) is 0 Å². The molecule has 1 nitrogen and oxygen atoms in total.